The number of carbonyl (C=O) groups excluding carboxylic acids is 2. The molecule has 0 atom stereocenters. The third kappa shape index (κ3) is 3.79. The summed E-state index contributed by atoms with van der Waals surface area (Å²) in [7, 11) is 0. The molecule has 28 heavy (non-hydrogen) atoms. The molecule has 2 aromatic carbocycles. The zero-order valence-electron chi connectivity index (χ0n) is 15.3. The van der Waals surface area contributed by atoms with Crippen LogP contribution in [-0.2, 0) is 16.0 Å². The zero-order chi connectivity index (χ0) is 20.4. The van der Waals surface area contributed by atoms with E-state index in [4.69, 9.17) is 4.74 Å². The van der Waals surface area contributed by atoms with E-state index in [1.54, 1.807) is 25.1 Å². The molecule has 1 heterocycles. The number of amides is 2. The lowest BCUT2D eigenvalue weighted by molar-refractivity contribution is -0.117. The number of aromatic hydroxyl groups is 1. The zero-order valence-corrected chi connectivity index (χ0v) is 18.4. The van der Waals surface area contributed by atoms with E-state index < -0.39 is 11.8 Å². The van der Waals surface area contributed by atoms with Crippen LogP contribution in [0.4, 0.5) is 5.69 Å². The molecular formula is C20H18Br2N2O4. The molecule has 1 fully saturated rings. The molecule has 1 saturated heterocycles. The summed E-state index contributed by atoms with van der Waals surface area (Å²) in [6.07, 6.45) is 2.35. The van der Waals surface area contributed by atoms with E-state index >= 15 is 0 Å². The molecule has 0 unspecified atom stereocenters. The molecule has 2 aromatic rings. The molecule has 8 heteroatoms. The number of phenolic OH excluding ortho intramolecular Hbond substituents is 1. The van der Waals surface area contributed by atoms with Crippen molar-refractivity contribution >= 4 is 55.4 Å². The number of ether oxygens (including phenoxy) is 1. The molecule has 2 N–H and O–H groups in total. The molecule has 1 aliphatic rings. The monoisotopic (exact) mass is 508 g/mol. The summed E-state index contributed by atoms with van der Waals surface area (Å²) in [5.41, 5.74) is 4.81. The minimum Gasteiger partial charge on any atom is -0.503 e. The summed E-state index contributed by atoms with van der Waals surface area (Å²) >= 11 is 6.67. The highest BCUT2D eigenvalue weighted by Gasteiger charge is 2.34. The van der Waals surface area contributed by atoms with E-state index in [-0.39, 0.29) is 17.1 Å². The van der Waals surface area contributed by atoms with Gasteiger partial charge in [0.2, 0.25) is 0 Å². The molecule has 0 aliphatic carbocycles. The van der Waals surface area contributed by atoms with E-state index in [0.717, 1.165) is 12.0 Å². The second-order valence-electron chi connectivity index (χ2n) is 6.03. The van der Waals surface area contributed by atoms with Gasteiger partial charge in [-0.2, -0.15) is 0 Å². The van der Waals surface area contributed by atoms with Crippen LogP contribution in [-0.4, -0.2) is 23.5 Å². The van der Waals surface area contributed by atoms with Gasteiger partial charge in [-0.3, -0.25) is 15.0 Å². The lowest BCUT2D eigenvalue weighted by Gasteiger charge is -2.15. The second-order valence-corrected chi connectivity index (χ2v) is 7.62. The van der Waals surface area contributed by atoms with Crippen LogP contribution in [0.3, 0.4) is 0 Å². The molecule has 0 spiro atoms. The summed E-state index contributed by atoms with van der Waals surface area (Å²) in [5.74, 6) is -0.764. The van der Waals surface area contributed by atoms with Crippen molar-refractivity contribution in [2.75, 3.05) is 11.6 Å². The topological polar surface area (TPSA) is 78.9 Å². The molecular weight excluding hydrogens is 492 g/mol. The van der Waals surface area contributed by atoms with Gasteiger partial charge in [0.25, 0.3) is 11.8 Å². The fraction of sp³-hybridized carbons (Fsp3) is 0.200. The summed E-state index contributed by atoms with van der Waals surface area (Å²) in [4.78, 5) is 25.2. The Bertz CT molecular complexity index is 971. The molecule has 146 valence electrons. The van der Waals surface area contributed by atoms with Crippen molar-refractivity contribution in [3.05, 3.63) is 56.0 Å². The van der Waals surface area contributed by atoms with Crippen LogP contribution < -0.4 is 15.2 Å². The SMILES string of the molecule is CCOc1cc(/C=C2\C(=O)NN(c3ccc(CC)cc3)C2=O)c(Br)c(Br)c1O. The van der Waals surface area contributed by atoms with Crippen LogP contribution >= 0.6 is 31.9 Å². The van der Waals surface area contributed by atoms with Gasteiger partial charge in [-0.05, 0) is 80.6 Å². The predicted molar refractivity (Wildman–Crippen MR) is 114 cm³/mol. The van der Waals surface area contributed by atoms with Crippen LogP contribution in [0.2, 0.25) is 0 Å². The number of rotatable bonds is 5. The molecule has 0 bridgehead atoms. The quantitative estimate of drug-likeness (QED) is 0.464. The van der Waals surface area contributed by atoms with Crippen molar-refractivity contribution in [3.63, 3.8) is 0 Å². The van der Waals surface area contributed by atoms with Crippen molar-refractivity contribution in [3.8, 4) is 11.5 Å². The van der Waals surface area contributed by atoms with E-state index in [1.165, 1.54) is 11.1 Å². The van der Waals surface area contributed by atoms with Crippen molar-refractivity contribution in [2.24, 2.45) is 0 Å². The van der Waals surface area contributed by atoms with Crippen molar-refractivity contribution < 1.29 is 19.4 Å². The number of carbonyl (C=O) groups is 2. The molecule has 3 rings (SSSR count). The first-order valence-electron chi connectivity index (χ1n) is 8.67. The molecule has 6 nitrogen and oxygen atoms in total. The number of benzene rings is 2. The number of hydrogen-bond acceptors (Lipinski definition) is 4. The predicted octanol–water partition coefficient (Wildman–Crippen LogP) is 4.34. The van der Waals surface area contributed by atoms with E-state index in [1.807, 2.05) is 19.1 Å². The van der Waals surface area contributed by atoms with Gasteiger partial charge in [0.1, 0.15) is 5.57 Å². The number of hydrazine groups is 1. The molecule has 0 saturated carbocycles. The number of anilines is 1. The number of aryl methyl sites for hydroxylation is 1. The second kappa shape index (κ2) is 8.36. The number of nitrogens with zero attached hydrogens (tertiary/aromatic N) is 1. The lowest BCUT2D eigenvalue weighted by Crippen LogP contribution is -2.35. The summed E-state index contributed by atoms with van der Waals surface area (Å²) < 4.78 is 6.30. The van der Waals surface area contributed by atoms with Crippen LogP contribution in [0.15, 0.2) is 44.9 Å². The lowest BCUT2D eigenvalue weighted by atomic mass is 10.1. The number of halogens is 2. The average molecular weight is 510 g/mol. The molecule has 1 aliphatic heterocycles. The highest BCUT2D eigenvalue weighted by atomic mass is 79.9. The average Bonchev–Trinajstić information content (AvgIpc) is 2.98. The fourth-order valence-electron chi connectivity index (χ4n) is 2.76. The fourth-order valence-corrected chi connectivity index (χ4v) is 3.60. The molecule has 0 radical (unpaired) electrons. The van der Waals surface area contributed by atoms with Gasteiger partial charge in [-0.1, -0.05) is 19.1 Å². The maximum atomic E-state index is 12.8. The summed E-state index contributed by atoms with van der Waals surface area (Å²) in [6, 6.07) is 8.98. The van der Waals surface area contributed by atoms with Gasteiger partial charge in [-0.15, -0.1) is 0 Å². The van der Waals surface area contributed by atoms with Gasteiger partial charge in [0, 0.05) is 4.47 Å². The van der Waals surface area contributed by atoms with Crippen molar-refractivity contribution in [2.45, 2.75) is 20.3 Å². The van der Waals surface area contributed by atoms with Crippen LogP contribution in [0.25, 0.3) is 6.08 Å². The van der Waals surface area contributed by atoms with E-state index in [9.17, 15) is 14.7 Å². The number of phenols is 1. The minimum absolute atomic E-state index is 0.0136. The Balaban J connectivity index is 1.98. The highest BCUT2D eigenvalue weighted by Crippen LogP contribution is 2.42. The maximum absolute atomic E-state index is 12.8. The third-order valence-corrected chi connectivity index (χ3v) is 6.43. The van der Waals surface area contributed by atoms with Crippen LogP contribution in [0, 0.1) is 0 Å². The summed E-state index contributed by atoms with van der Waals surface area (Å²) in [6.45, 7) is 4.20. The first kappa shape index (κ1) is 20.4. The minimum atomic E-state index is -0.501. The Kier molecular flexibility index (Phi) is 6.10. The largest absolute Gasteiger partial charge is 0.503 e. The smallest absolute Gasteiger partial charge is 0.282 e. The molecule has 0 aromatic heterocycles. The van der Waals surface area contributed by atoms with Crippen molar-refractivity contribution in [1.82, 2.24) is 5.43 Å². The van der Waals surface area contributed by atoms with Gasteiger partial charge in [0.15, 0.2) is 11.5 Å². The van der Waals surface area contributed by atoms with E-state index in [2.05, 4.69) is 37.3 Å². The van der Waals surface area contributed by atoms with Crippen LogP contribution in [0.1, 0.15) is 25.0 Å². The summed E-state index contributed by atoms with van der Waals surface area (Å²) in [5, 5.41) is 11.4. The van der Waals surface area contributed by atoms with Gasteiger partial charge >= 0.3 is 0 Å². The highest BCUT2D eigenvalue weighted by molar-refractivity contribution is 9.13. The Morgan fingerprint density at radius 1 is 1.14 bits per heavy atom. The van der Waals surface area contributed by atoms with Crippen LogP contribution in [0.5, 0.6) is 11.5 Å². The Hall–Kier alpha value is -2.32. The van der Waals surface area contributed by atoms with Gasteiger partial charge in [-0.25, -0.2) is 5.01 Å². The third-order valence-electron chi connectivity index (χ3n) is 4.27. The van der Waals surface area contributed by atoms with Gasteiger partial charge < -0.3 is 9.84 Å². The number of nitrogens with one attached hydrogen (secondary N) is 1. The Morgan fingerprint density at radius 2 is 1.82 bits per heavy atom. The van der Waals surface area contributed by atoms with E-state index in [0.29, 0.717) is 26.8 Å². The van der Waals surface area contributed by atoms with Gasteiger partial charge in [0.05, 0.1) is 16.8 Å². The standard InChI is InChI=1S/C20H18Br2N2O4/c1-3-11-5-7-13(8-6-11)24-20(27)14(19(26)23-24)9-12-10-15(28-4-2)18(25)17(22)16(12)21/h5-10,25H,3-4H2,1-2H3,(H,23,26)/b14-9+. The Labute approximate surface area is 179 Å². The first-order chi connectivity index (χ1) is 13.4. The normalized spacial score (nSPS) is 15.3. The Morgan fingerprint density at radius 3 is 2.43 bits per heavy atom. The van der Waals surface area contributed by atoms with Crippen molar-refractivity contribution in [1.29, 1.82) is 0 Å². The first-order valence-corrected chi connectivity index (χ1v) is 10.3. The number of hydrogen-bond donors (Lipinski definition) is 2. The maximum Gasteiger partial charge on any atom is 0.282 e. The molecule has 2 amide bonds.